The molecule has 0 bridgehead atoms. The molecule has 1 aliphatic heterocycles. The molecule has 0 spiro atoms. The second-order valence-electron chi connectivity index (χ2n) is 4.59. The van der Waals surface area contributed by atoms with Gasteiger partial charge in [0, 0.05) is 24.4 Å². The molecule has 1 aliphatic rings. The Bertz CT molecular complexity index is 549. The van der Waals surface area contributed by atoms with Crippen LogP contribution in [0.1, 0.15) is 16.3 Å². The number of carbonyl (C=O) groups is 1. The monoisotopic (exact) mass is 276 g/mol. The normalized spacial score (nSPS) is 18.0. The van der Waals surface area contributed by atoms with Crippen molar-refractivity contribution >= 4 is 17.2 Å². The fraction of sp³-hybridized carbons (Fsp3) is 0.385. The highest BCUT2D eigenvalue weighted by atomic mass is 32.1. The van der Waals surface area contributed by atoms with Gasteiger partial charge in [0.2, 0.25) is 5.91 Å². The van der Waals surface area contributed by atoms with Gasteiger partial charge in [-0.3, -0.25) is 10.1 Å². The highest BCUT2D eigenvalue weighted by Crippen LogP contribution is 2.12. The Morgan fingerprint density at radius 3 is 3.37 bits per heavy atom. The predicted octanol–water partition coefficient (Wildman–Crippen LogP) is 0.844. The van der Waals surface area contributed by atoms with Crippen LogP contribution in [0.3, 0.4) is 0 Å². The van der Waals surface area contributed by atoms with Crippen LogP contribution in [0.2, 0.25) is 0 Å². The third-order valence-electron chi connectivity index (χ3n) is 3.30. The molecular formula is C13H16N4OS. The maximum Gasteiger partial charge on any atom is 0.237 e. The molecule has 3 heterocycles. The minimum atomic E-state index is -0.167. The number of nitrogens with one attached hydrogen (secondary N) is 3. The maximum atomic E-state index is 12.1. The van der Waals surface area contributed by atoms with E-state index in [-0.39, 0.29) is 11.9 Å². The van der Waals surface area contributed by atoms with E-state index in [1.54, 1.807) is 17.7 Å². The van der Waals surface area contributed by atoms with Crippen LogP contribution in [-0.4, -0.2) is 28.5 Å². The summed E-state index contributed by atoms with van der Waals surface area (Å²) in [6.07, 6.45) is 3.23. The van der Waals surface area contributed by atoms with Crippen LogP contribution in [0.15, 0.2) is 23.8 Å². The second kappa shape index (κ2) is 5.54. The van der Waals surface area contributed by atoms with Crippen LogP contribution in [0.25, 0.3) is 0 Å². The number of aromatic nitrogens is 2. The van der Waals surface area contributed by atoms with E-state index in [4.69, 9.17) is 0 Å². The van der Waals surface area contributed by atoms with Crippen LogP contribution < -0.4 is 10.6 Å². The summed E-state index contributed by atoms with van der Waals surface area (Å²) in [7, 11) is 0. The summed E-state index contributed by atoms with van der Waals surface area (Å²) in [5.74, 6) is 0.0604. The van der Waals surface area contributed by atoms with Crippen LogP contribution in [-0.2, 0) is 24.2 Å². The van der Waals surface area contributed by atoms with Gasteiger partial charge in [-0.05, 0) is 17.9 Å². The first kappa shape index (κ1) is 12.4. The Morgan fingerprint density at radius 1 is 1.58 bits per heavy atom. The highest BCUT2D eigenvalue weighted by molar-refractivity contribution is 7.09. The molecule has 0 saturated heterocycles. The molecule has 1 amide bonds. The van der Waals surface area contributed by atoms with Gasteiger partial charge in [-0.25, -0.2) is 4.98 Å². The van der Waals surface area contributed by atoms with Crippen LogP contribution in [0, 0.1) is 0 Å². The molecular weight excluding hydrogens is 260 g/mol. The van der Waals surface area contributed by atoms with Gasteiger partial charge in [-0.15, -0.1) is 11.3 Å². The van der Waals surface area contributed by atoms with Crippen LogP contribution in [0.4, 0.5) is 0 Å². The van der Waals surface area contributed by atoms with Crippen molar-refractivity contribution < 1.29 is 4.79 Å². The Morgan fingerprint density at radius 2 is 2.53 bits per heavy atom. The third kappa shape index (κ3) is 2.85. The number of H-pyrrole nitrogens is 1. The van der Waals surface area contributed by atoms with Gasteiger partial charge in [0.05, 0.1) is 23.8 Å². The Labute approximate surface area is 115 Å². The molecule has 2 aromatic heterocycles. The summed E-state index contributed by atoms with van der Waals surface area (Å²) in [6.45, 7) is 1.36. The highest BCUT2D eigenvalue weighted by Gasteiger charge is 2.25. The van der Waals surface area contributed by atoms with Gasteiger partial charge in [0.1, 0.15) is 0 Å². The van der Waals surface area contributed by atoms with Gasteiger partial charge in [0.15, 0.2) is 0 Å². The van der Waals surface area contributed by atoms with Gasteiger partial charge in [0.25, 0.3) is 0 Å². The van der Waals surface area contributed by atoms with Crippen molar-refractivity contribution in [3.63, 3.8) is 0 Å². The zero-order chi connectivity index (χ0) is 13.1. The Kier molecular flexibility index (Phi) is 3.61. The number of hydrogen-bond acceptors (Lipinski definition) is 4. The standard InChI is InChI=1S/C13H16N4OS/c18-13(14-4-3-9-2-1-5-19-9)11-6-10-12(7-15-11)17-8-16-10/h1-2,5,8,11,15H,3-4,6-7H2,(H,14,18)(H,16,17). The minimum absolute atomic E-state index is 0.0604. The van der Waals surface area contributed by atoms with E-state index in [1.165, 1.54) is 4.88 Å². The zero-order valence-electron chi connectivity index (χ0n) is 10.5. The molecule has 5 nitrogen and oxygen atoms in total. The molecule has 3 rings (SSSR count). The third-order valence-corrected chi connectivity index (χ3v) is 4.23. The lowest BCUT2D eigenvalue weighted by Crippen LogP contribution is -2.48. The van der Waals surface area contributed by atoms with Gasteiger partial charge < -0.3 is 10.3 Å². The quantitative estimate of drug-likeness (QED) is 0.775. The van der Waals surface area contributed by atoms with E-state index < -0.39 is 0 Å². The molecule has 2 aromatic rings. The average molecular weight is 276 g/mol. The van der Waals surface area contributed by atoms with Crippen molar-refractivity contribution in [2.75, 3.05) is 6.54 Å². The molecule has 6 heteroatoms. The molecule has 1 atom stereocenters. The van der Waals surface area contributed by atoms with Crippen LogP contribution in [0.5, 0.6) is 0 Å². The number of imidazole rings is 1. The average Bonchev–Trinajstić information content (AvgIpc) is 3.08. The van der Waals surface area contributed by atoms with Crippen molar-refractivity contribution in [2.45, 2.75) is 25.4 Å². The molecule has 0 saturated carbocycles. The first-order valence-electron chi connectivity index (χ1n) is 6.37. The summed E-state index contributed by atoms with van der Waals surface area (Å²) in [5.41, 5.74) is 2.08. The fourth-order valence-corrected chi connectivity index (χ4v) is 2.95. The lowest BCUT2D eigenvalue weighted by Gasteiger charge is -2.22. The fourth-order valence-electron chi connectivity index (χ4n) is 2.24. The van der Waals surface area contributed by atoms with E-state index in [9.17, 15) is 4.79 Å². The van der Waals surface area contributed by atoms with Gasteiger partial charge in [-0.1, -0.05) is 6.07 Å². The van der Waals surface area contributed by atoms with Crippen molar-refractivity contribution in [2.24, 2.45) is 0 Å². The number of amides is 1. The first-order valence-corrected chi connectivity index (χ1v) is 7.25. The topological polar surface area (TPSA) is 69.8 Å². The summed E-state index contributed by atoms with van der Waals surface area (Å²) in [5, 5.41) is 8.26. The molecule has 100 valence electrons. The largest absolute Gasteiger partial charge is 0.354 e. The number of fused-ring (bicyclic) bond motifs is 1. The van der Waals surface area contributed by atoms with Crippen molar-refractivity contribution in [3.05, 3.63) is 40.1 Å². The smallest absolute Gasteiger partial charge is 0.237 e. The van der Waals surface area contributed by atoms with Gasteiger partial charge in [-0.2, -0.15) is 0 Å². The zero-order valence-corrected chi connectivity index (χ0v) is 11.3. The molecule has 1 unspecified atom stereocenters. The minimum Gasteiger partial charge on any atom is -0.354 e. The molecule has 0 radical (unpaired) electrons. The van der Waals surface area contributed by atoms with Crippen LogP contribution >= 0.6 is 11.3 Å². The molecule has 0 aliphatic carbocycles. The Hall–Kier alpha value is -1.66. The predicted molar refractivity (Wildman–Crippen MR) is 74.0 cm³/mol. The van der Waals surface area contributed by atoms with Gasteiger partial charge >= 0.3 is 0 Å². The van der Waals surface area contributed by atoms with E-state index in [0.717, 1.165) is 17.8 Å². The Balaban J connectivity index is 1.49. The number of thiophene rings is 1. The van der Waals surface area contributed by atoms with E-state index in [2.05, 4.69) is 32.0 Å². The van der Waals surface area contributed by atoms with E-state index in [1.807, 2.05) is 6.07 Å². The number of carbonyl (C=O) groups excluding carboxylic acids is 1. The van der Waals surface area contributed by atoms with Crippen molar-refractivity contribution in [3.8, 4) is 0 Å². The van der Waals surface area contributed by atoms with Crippen molar-refractivity contribution in [1.29, 1.82) is 0 Å². The number of aromatic amines is 1. The number of hydrogen-bond donors (Lipinski definition) is 3. The summed E-state index contributed by atoms with van der Waals surface area (Å²) in [4.78, 5) is 20.7. The molecule has 3 N–H and O–H groups in total. The summed E-state index contributed by atoms with van der Waals surface area (Å²) < 4.78 is 0. The second-order valence-corrected chi connectivity index (χ2v) is 5.62. The number of rotatable bonds is 4. The maximum absolute atomic E-state index is 12.1. The molecule has 19 heavy (non-hydrogen) atoms. The SMILES string of the molecule is O=C(NCCc1cccs1)C1Cc2nc[nH]c2CN1. The molecule has 0 fully saturated rings. The first-order chi connectivity index (χ1) is 9.33. The lowest BCUT2D eigenvalue weighted by molar-refractivity contribution is -0.123. The summed E-state index contributed by atoms with van der Waals surface area (Å²) in [6, 6.07) is 3.95. The van der Waals surface area contributed by atoms with E-state index in [0.29, 0.717) is 19.5 Å². The molecule has 0 aromatic carbocycles. The lowest BCUT2D eigenvalue weighted by atomic mass is 10.0. The van der Waals surface area contributed by atoms with Crippen molar-refractivity contribution in [1.82, 2.24) is 20.6 Å². The summed E-state index contributed by atoms with van der Waals surface area (Å²) >= 11 is 1.72. The number of nitrogens with zero attached hydrogens (tertiary/aromatic N) is 1. The van der Waals surface area contributed by atoms with E-state index >= 15 is 0 Å².